The normalized spacial score (nSPS) is 10.9. The molecule has 1 heterocycles. The van der Waals surface area contributed by atoms with Crippen molar-refractivity contribution in [2.45, 2.75) is 27.7 Å². The Balaban J connectivity index is 1.52. The number of nitrogens with one attached hydrogen (secondary N) is 2. The zero-order valence-electron chi connectivity index (χ0n) is 21.4. The standard InChI is InChI=1S/C27H29BrN6O2S/c1-6-33(7-2)19-8-10-20(11-9-19)34-31-23-13-16(3)22(15-24(23)32-34)29-27(37)30-26(35)21-14-18(28)12-17(4)25(21)36-5/h8-15H,6-7H2,1-5H3,(H2,29,30,35,37). The monoisotopic (exact) mass is 580 g/mol. The maximum absolute atomic E-state index is 12.9. The van der Waals surface area contributed by atoms with Crippen molar-refractivity contribution in [2.24, 2.45) is 0 Å². The molecule has 37 heavy (non-hydrogen) atoms. The molecule has 0 saturated carbocycles. The number of halogens is 1. The molecule has 0 fully saturated rings. The van der Waals surface area contributed by atoms with E-state index in [4.69, 9.17) is 17.0 Å². The number of anilines is 2. The van der Waals surface area contributed by atoms with Crippen LogP contribution in [-0.4, -0.2) is 46.2 Å². The third-order valence-corrected chi connectivity index (χ3v) is 6.76. The molecule has 3 aromatic carbocycles. The second-order valence-corrected chi connectivity index (χ2v) is 9.87. The summed E-state index contributed by atoms with van der Waals surface area (Å²) in [7, 11) is 1.54. The highest BCUT2D eigenvalue weighted by Gasteiger charge is 2.17. The molecule has 0 saturated heterocycles. The van der Waals surface area contributed by atoms with Crippen molar-refractivity contribution in [1.29, 1.82) is 0 Å². The molecule has 0 unspecified atom stereocenters. The maximum Gasteiger partial charge on any atom is 0.261 e. The summed E-state index contributed by atoms with van der Waals surface area (Å²) in [6.45, 7) is 10.0. The summed E-state index contributed by atoms with van der Waals surface area (Å²) < 4.78 is 6.20. The topological polar surface area (TPSA) is 84.3 Å². The average molecular weight is 582 g/mol. The minimum atomic E-state index is -0.364. The number of rotatable bonds is 7. The summed E-state index contributed by atoms with van der Waals surface area (Å²) in [5.74, 6) is 0.138. The van der Waals surface area contributed by atoms with Crippen molar-refractivity contribution >= 4 is 61.6 Å². The van der Waals surface area contributed by atoms with Gasteiger partial charge in [0.1, 0.15) is 16.8 Å². The van der Waals surface area contributed by atoms with E-state index in [0.29, 0.717) is 16.8 Å². The molecule has 0 radical (unpaired) electrons. The van der Waals surface area contributed by atoms with E-state index in [2.05, 4.69) is 67.6 Å². The van der Waals surface area contributed by atoms with E-state index in [0.717, 1.165) is 45.6 Å². The number of aromatic nitrogens is 3. The van der Waals surface area contributed by atoms with E-state index < -0.39 is 0 Å². The number of methoxy groups -OCH3 is 1. The van der Waals surface area contributed by atoms with Crippen molar-refractivity contribution < 1.29 is 9.53 Å². The highest BCUT2D eigenvalue weighted by molar-refractivity contribution is 9.10. The van der Waals surface area contributed by atoms with Crippen LogP contribution in [0.3, 0.4) is 0 Å². The molecule has 2 N–H and O–H groups in total. The molecule has 0 spiro atoms. The summed E-state index contributed by atoms with van der Waals surface area (Å²) in [5, 5.41) is 15.3. The van der Waals surface area contributed by atoms with Crippen molar-refractivity contribution in [3.05, 3.63) is 69.7 Å². The number of hydrogen-bond acceptors (Lipinski definition) is 6. The number of benzene rings is 3. The number of hydrogen-bond donors (Lipinski definition) is 2. The Morgan fingerprint density at radius 3 is 2.30 bits per heavy atom. The number of nitrogens with zero attached hydrogens (tertiary/aromatic N) is 4. The largest absolute Gasteiger partial charge is 0.496 e. The first-order valence-electron chi connectivity index (χ1n) is 11.9. The van der Waals surface area contributed by atoms with Crippen molar-refractivity contribution in [2.75, 3.05) is 30.4 Å². The summed E-state index contributed by atoms with van der Waals surface area (Å²) in [6, 6.07) is 15.6. The van der Waals surface area contributed by atoms with E-state index >= 15 is 0 Å². The van der Waals surface area contributed by atoms with Gasteiger partial charge in [-0.3, -0.25) is 10.1 Å². The van der Waals surface area contributed by atoms with Crippen LogP contribution in [0.2, 0.25) is 0 Å². The third kappa shape index (κ3) is 5.75. The molecular formula is C27H29BrN6O2S. The Hall–Kier alpha value is -3.50. The second kappa shape index (κ2) is 11.3. The number of amides is 1. The second-order valence-electron chi connectivity index (χ2n) is 8.55. The van der Waals surface area contributed by atoms with Crippen molar-refractivity contribution in [1.82, 2.24) is 20.3 Å². The van der Waals surface area contributed by atoms with Gasteiger partial charge in [0, 0.05) is 28.9 Å². The summed E-state index contributed by atoms with van der Waals surface area (Å²) in [6.07, 6.45) is 0. The van der Waals surface area contributed by atoms with Crippen LogP contribution in [0.5, 0.6) is 5.75 Å². The van der Waals surface area contributed by atoms with Crippen molar-refractivity contribution in [3.8, 4) is 11.4 Å². The number of ether oxygens (including phenoxy) is 1. The van der Waals surface area contributed by atoms with Crippen LogP contribution >= 0.6 is 28.1 Å². The molecule has 192 valence electrons. The van der Waals surface area contributed by atoms with E-state index in [1.54, 1.807) is 10.9 Å². The van der Waals surface area contributed by atoms with Gasteiger partial charge in [0.25, 0.3) is 5.91 Å². The van der Waals surface area contributed by atoms with E-state index in [1.165, 1.54) is 12.8 Å². The highest BCUT2D eigenvalue weighted by Crippen LogP contribution is 2.28. The first kappa shape index (κ1) is 26.6. The molecular weight excluding hydrogens is 552 g/mol. The van der Waals surface area contributed by atoms with Gasteiger partial charge < -0.3 is 15.0 Å². The molecule has 8 nitrogen and oxygen atoms in total. The quantitative estimate of drug-likeness (QED) is 0.268. The molecule has 10 heteroatoms. The molecule has 4 rings (SSSR count). The van der Waals surface area contributed by atoms with Gasteiger partial charge in [-0.15, -0.1) is 10.2 Å². The Kier molecular flexibility index (Phi) is 8.09. The predicted octanol–water partition coefficient (Wildman–Crippen LogP) is 5.78. The van der Waals surface area contributed by atoms with E-state index in [1.807, 2.05) is 44.2 Å². The first-order valence-corrected chi connectivity index (χ1v) is 13.1. The molecule has 0 atom stereocenters. The molecule has 0 aliphatic heterocycles. The molecule has 0 aliphatic carbocycles. The lowest BCUT2D eigenvalue weighted by atomic mass is 10.1. The van der Waals surface area contributed by atoms with Crippen LogP contribution in [-0.2, 0) is 0 Å². The molecule has 0 bridgehead atoms. The van der Waals surface area contributed by atoms with Crippen molar-refractivity contribution in [3.63, 3.8) is 0 Å². The van der Waals surface area contributed by atoms with Gasteiger partial charge in [0.05, 0.1) is 18.4 Å². The van der Waals surface area contributed by atoms with Gasteiger partial charge in [-0.25, -0.2) is 0 Å². The van der Waals surface area contributed by atoms with Gasteiger partial charge in [-0.1, -0.05) is 15.9 Å². The first-order chi connectivity index (χ1) is 17.7. The smallest absolute Gasteiger partial charge is 0.261 e. The van der Waals surface area contributed by atoms with Crippen LogP contribution < -0.4 is 20.3 Å². The average Bonchev–Trinajstić information content (AvgIpc) is 3.27. The number of fused-ring (bicyclic) bond motifs is 1. The van der Waals surface area contributed by atoms with E-state index in [-0.39, 0.29) is 11.0 Å². The fourth-order valence-corrected chi connectivity index (χ4v) is 4.97. The Morgan fingerprint density at radius 1 is 1.03 bits per heavy atom. The fraction of sp³-hybridized carbons (Fsp3) is 0.259. The number of carbonyl (C=O) groups is 1. The van der Waals surface area contributed by atoms with Gasteiger partial charge in [-0.05, 0) is 99.6 Å². The van der Waals surface area contributed by atoms with Gasteiger partial charge in [0.15, 0.2) is 5.11 Å². The fourth-order valence-electron chi connectivity index (χ4n) is 4.20. The zero-order valence-corrected chi connectivity index (χ0v) is 23.8. The SMILES string of the molecule is CCN(CC)c1ccc(-n2nc3cc(C)c(NC(=S)NC(=O)c4cc(Br)cc(C)c4OC)cc3n2)cc1. The third-order valence-electron chi connectivity index (χ3n) is 6.10. The minimum Gasteiger partial charge on any atom is -0.496 e. The molecule has 1 amide bonds. The summed E-state index contributed by atoms with van der Waals surface area (Å²) in [5.41, 5.74) is 6.40. The highest BCUT2D eigenvalue weighted by atomic mass is 79.9. The van der Waals surface area contributed by atoms with Gasteiger partial charge in [0.2, 0.25) is 0 Å². The Morgan fingerprint density at radius 2 is 1.68 bits per heavy atom. The Bertz CT molecular complexity index is 1460. The number of thiocarbonyl (C=S) groups is 1. The van der Waals surface area contributed by atoms with Crippen LogP contribution in [0.4, 0.5) is 11.4 Å². The van der Waals surface area contributed by atoms with Crippen LogP contribution in [0.1, 0.15) is 35.3 Å². The number of aryl methyl sites for hydroxylation is 2. The maximum atomic E-state index is 12.9. The van der Waals surface area contributed by atoms with E-state index in [9.17, 15) is 4.79 Å². The van der Waals surface area contributed by atoms with Crippen LogP contribution in [0.25, 0.3) is 16.7 Å². The lowest BCUT2D eigenvalue weighted by Gasteiger charge is -2.20. The summed E-state index contributed by atoms with van der Waals surface area (Å²) >= 11 is 8.87. The lowest BCUT2D eigenvalue weighted by Crippen LogP contribution is -2.34. The predicted molar refractivity (Wildman–Crippen MR) is 156 cm³/mol. The number of carbonyl (C=O) groups excluding carboxylic acids is 1. The molecule has 4 aromatic rings. The van der Waals surface area contributed by atoms with Gasteiger partial charge in [-0.2, -0.15) is 4.80 Å². The lowest BCUT2D eigenvalue weighted by molar-refractivity contribution is 0.0974. The Labute approximate surface area is 230 Å². The van der Waals surface area contributed by atoms with Crippen LogP contribution in [0, 0.1) is 13.8 Å². The molecule has 0 aliphatic rings. The molecule has 1 aromatic heterocycles. The van der Waals surface area contributed by atoms with Crippen LogP contribution in [0.15, 0.2) is 53.0 Å². The van der Waals surface area contributed by atoms with Gasteiger partial charge >= 0.3 is 0 Å². The zero-order chi connectivity index (χ0) is 26.7. The summed E-state index contributed by atoms with van der Waals surface area (Å²) in [4.78, 5) is 16.8. The minimum absolute atomic E-state index is 0.173.